The molecular formula is C15H11ClN4O4. The smallest absolute Gasteiger partial charge is 0.287 e. The number of amides is 1. The fourth-order valence-electron chi connectivity index (χ4n) is 1.94. The number of hydrogen-bond acceptors (Lipinski definition) is 5. The first-order valence-corrected chi connectivity index (χ1v) is 7.04. The van der Waals surface area contributed by atoms with Crippen LogP contribution in [0.2, 0.25) is 5.02 Å². The maximum Gasteiger partial charge on any atom is 0.287 e. The van der Waals surface area contributed by atoms with E-state index >= 15 is 0 Å². The number of anilines is 1. The molecule has 0 spiro atoms. The van der Waals surface area contributed by atoms with E-state index in [-0.39, 0.29) is 0 Å². The third-order valence-corrected chi connectivity index (χ3v) is 3.58. The van der Waals surface area contributed by atoms with Gasteiger partial charge in [-0.1, -0.05) is 17.7 Å². The number of hydrogen-bond donors (Lipinski definition) is 1. The molecule has 0 atom stereocenters. The fourth-order valence-corrected chi connectivity index (χ4v) is 2.12. The van der Waals surface area contributed by atoms with Crippen molar-refractivity contribution in [3.63, 3.8) is 0 Å². The second-order valence-electron chi connectivity index (χ2n) is 4.93. The molecule has 0 saturated heterocycles. The zero-order valence-electron chi connectivity index (χ0n) is 12.4. The van der Waals surface area contributed by atoms with Crippen LogP contribution in [-0.2, 0) is 11.3 Å². The molecule has 2 aromatic rings. The molecule has 0 unspecified atom stereocenters. The molecule has 1 heterocycles. The van der Waals surface area contributed by atoms with Crippen molar-refractivity contribution in [3.05, 3.63) is 67.1 Å². The summed E-state index contributed by atoms with van der Waals surface area (Å²) in [5.74, 6) is -0.582. The van der Waals surface area contributed by atoms with Crippen LogP contribution in [0.4, 0.5) is 11.4 Å². The van der Waals surface area contributed by atoms with Crippen LogP contribution in [0.1, 0.15) is 11.1 Å². The Labute approximate surface area is 141 Å². The number of nitriles is 1. The maximum absolute atomic E-state index is 12.0. The van der Waals surface area contributed by atoms with Gasteiger partial charge in [-0.15, -0.1) is 0 Å². The molecule has 24 heavy (non-hydrogen) atoms. The van der Waals surface area contributed by atoms with Crippen LogP contribution in [0.5, 0.6) is 0 Å². The van der Waals surface area contributed by atoms with Gasteiger partial charge in [0.2, 0.25) is 5.91 Å². The summed E-state index contributed by atoms with van der Waals surface area (Å²) in [6.45, 7) is 1.33. The van der Waals surface area contributed by atoms with Crippen LogP contribution in [0.15, 0.2) is 35.3 Å². The molecule has 0 aliphatic rings. The minimum atomic E-state index is -0.778. The molecule has 0 aliphatic carbocycles. The maximum atomic E-state index is 12.0. The van der Waals surface area contributed by atoms with Crippen LogP contribution in [0, 0.1) is 28.4 Å². The van der Waals surface area contributed by atoms with Crippen molar-refractivity contribution in [3.8, 4) is 6.07 Å². The molecule has 1 aromatic heterocycles. The number of carbonyl (C=O) groups is 1. The predicted octanol–water partition coefficient (Wildman–Crippen LogP) is 2.23. The number of nitrogens with one attached hydrogen (secondary N) is 1. The Hall–Kier alpha value is -3.18. The number of rotatable bonds is 4. The van der Waals surface area contributed by atoms with E-state index in [4.69, 9.17) is 16.9 Å². The second kappa shape index (κ2) is 6.93. The number of halogens is 1. The van der Waals surface area contributed by atoms with Gasteiger partial charge in [0.05, 0.1) is 11.1 Å². The van der Waals surface area contributed by atoms with Crippen molar-refractivity contribution in [2.24, 2.45) is 0 Å². The Morgan fingerprint density at radius 1 is 1.46 bits per heavy atom. The van der Waals surface area contributed by atoms with Crippen molar-refractivity contribution in [1.82, 2.24) is 4.57 Å². The number of aromatic nitrogens is 1. The highest BCUT2D eigenvalue weighted by molar-refractivity contribution is 6.31. The van der Waals surface area contributed by atoms with Crippen LogP contribution >= 0.6 is 11.6 Å². The Morgan fingerprint density at radius 3 is 2.75 bits per heavy atom. The zero-order chi connectivity index (χ0) is 17.9. The Morgan fingerprint density at radius 2 is 2.17 bits per heavy atom. The summed E-state index contributed by atoms with van der Waals surface area (Å²) in [6.07, 6.45) is 0.922. The normalized spacial score (nSPS) is 10.0. The van der Waals surface area contributed by atoms with E-state index in [9.17, 15) is 19.7 Å². The van der Waals surface area contributed by atoms with E-state index in [2.05, 4.69) is 5.32 Å². The number of nitro groups is 1. The quantitative estimate of drug-likeness (QED) is 0.672. The summed E-state index contributed by atoms with van der Waals surface area (Å²) in [6, 6.07) is 7.35. The van der Waals surface area contributed by atoms with Gasteiger partial charge in [0.1, 0.15) is 18.2 Å². The van der Waals surface area contributed by atoms with Crippen LogP contribution in [-0.4, -0.2) is 15.4 Å². The van der Waals surface area contributed by atoms with E-state index in [1.807, 2.05) is 0 Å². The Bertz CT molecular complexity index is 930. The highest BCUT2D eigenvalue weighted by atomic mass is 35.5. The minimum Gasteiger partial charge on any atom is -0.324 e. The van der Waals surface area contributed by atoms with Crippen LogP contribution < -0.4 is 10.9 Å². The molecule has 122 valence electrons. The number of benzene rings is 1. The van der Waals surface area contributed by atoms with E-state index in [0.717, 1.165) is 22.4 Å². The number of pyridine rings is 1. The molecule has 0 aliphatic heterocycles. The molecule has 0 fully saturated rings. The van der Waals surface area contributed by atoms with Crippen molar-refractivity contribution >= 4 is 28.9 Å². The van der Waals surface area contributed by atoms with Crippen LogP contribution in [0.25, 0.3) is 0 Å². The molecule has 9 heteroatoms. The second-order valence-corrected chi connectivity index (χ2v) is 5.33. The van der Waals surface area contributed by atoms with Crippen molar-refractivity contribution < 1.29 is 9.72 Å². The van der Waals surface area contributed by atoms with Gasteiger partial charge >= 0.3 is 0 Å². The first kappa shape index (κ1) is 17.2. The van der Waals surface area contributed by atoms with Gasteiger partial charge in [-0.3, -0.25) is 24.3 Å². The summed E-state index contributed by atoms with van der Waals surface area (Å²) in [5, 5.41) is 22.7. The summed E-state index contributed by atoms with van der Waals surface area (Å²) < 4.78 is 0.821. The van der Waals surface area contributed by atoms with Crippen molar-refractivity contribution in [1.29, 1.82) is 5.26 Å². The van der Waals surface area contributed by atoms with E-state index in [1.54, 1.807) is 31.2 Å². The summed E-state index contributed by atoms with van der Waals surface area (Å²) in [4.78, 5) is 34.1. The van der Waals surface area contributed by atoms with Gasteiger partial charge in [-0.25, -0.2) is 0 Å². The lowest BCUT2D eigenvalue weighted by molar-refractivity contribution is -0.385. The predicted molar refractivity (Wildman–Crippen MR) is 86.9 cm³/mol. The molecule has 1 amide bonds. The lowest BCUT2D eigenvalue weighted by Crippen LogP contribution is -2.29. The molecule has 0 bridgehead atoms. The third kappa shape index (κ3) is 3.77. The van der Waals surface area contributed by atoms with Crippen molar-refractivity contribution in [2.45, 2.75) is 13.5 Å². The van der Waals surface area contributed by atoms with E-state index in [0.29, 0.717) is 10.7 Å². The number of carbonyl (C=O) groups excluding carboxylic acids is 1. The number of nitrogens with zero attached hydrogens (tertiary/aromatic N) is 3. The first-order valence-electron chi connectivity index (χ1n) is 6.67. The van der Waals surface area contributed by atoms with Crippen molar-refractivity contribution in [2.75, 3.05) is 5.32 Å². The topological polar surface area (TPSA) is 118 Å². The highest BCUT2D eigenvalue weighted by Gasteiger charge is 2.15. The lowest BCUT2D eigenvalue weighted by Gasteiger charge is -2.09. The Kier molecular flexibility index (Phi) is 4.96. The van der Waals surface area contributed by atoms with Gasteiger partial charge in [0.15, 0.2) is 0 Å². The molecule has 8 nitrogen and oxygen atoms in total. The highest BCUT2D eigenvalue weighted by Crippen LogP contribution is 2.20. The van der Waals surface area contributed by atoms with Gasteiger partial charge < -0.3 is 5.32 Å². The molecule has 2 rings (SSSR count). The van der Waals surface area contributed by atoms with E-state index < -0.39 is 34.2 Å². The Balaban J connectivity index is 2.27. The molecular weight excluding hydrogens is 336 g/mol. The average Bonchev–Trinajstić information content (AvgIpc) is 2.52. The first-order chi connectivity index (χ1) is 11.3. The summed E-state index contributed by atoms with van der Waals surface area (Å²) >= 11 is 5.96. The SMILES string of the molecule is Cc1ccc(NC(=O)Cn2cc([N+](=O)[O-])cc(C#N)c2=O)cc1Cl. The van der Waals surface area contributed by atoms with Gasteiger partial charge in [0, 0.05) is 16.8 Å². The van der Waals surface area contributed by atoms with Gasteiger partial charge in [-0.2, -0.15) is 5.26 Å². The van der Waals surface area contributed by atoms with Gasteiger partial charge in [0.25, 0.3) is 11.2 Å². The van der Waals surface area contributed by atoms with Crippen LogP contribution in [0.3, 0.4) is 0 Å². The molecule has 1 N–H and O–H groups in total. The largest absolute Gasteiger partial charge is 0.324 e. The van der Waals surface area contributed by atoms with E-state index in [1.165, 1.54) is 0 Å². The summed E-state index contributed by atoms with van der Waals surface area (Å²) in [5.41, 5.74) is -0.370. The average molecular weight is 347 g/mol. The molecule has 1 aromatic carbocycles. The molecule has 0 radical (unpaired) electrons. The van der Waals surface area contributed by atoms with Gasteiger partial charge in [-0.05, 0) is 24.6 Å². The third-order valence-electron chi connectivity index (χ3n) is 3.17. The minimum absolute atomic E-state index is 0.407. The summed E-state index contributed by atoms with van der Waals surface area (Å²) in [7, 11) is 0. The fraction of sp³-hybridized carbons (Fsp3) is 0.133. The lowest BCUT2D eigenvalue weighted by atomic mass is 10.2. The standard InChI is InChI=1S/C15H11ClN4O4/c1-9-2-3-11(5-13(9)16)18-14(21)8-19-7-12(20(23)24)4-10(6-17)15(19)22/h2-5,7H,8H2,1H3,(H,18,21). The number of aryl methyl sites for hydroxylation is 1. The monoisotopic (exact) mass is 346 g/mol. The molecule has 0 saturated carbocycles. The zero-order valence-corrected chi connectivity index (χ0v) is 13.2.